The lowest BCUT2D eigenvalue weighted by molar-refractivity contribution is -0.385. The molecule has 74 valence electrons. The number of rotatable bonds is 3. The molecule has 0 spiro atoms. The van der Waals surface area contributed by atoms with Crippen LogP contribution in [0, 0.1) is 10.1 Å². The Morgan fingerprint density at radius 3 is 2.79 bits per heavy atom. The van der Waals surface area contributed by atoms with Crippen LogP contribution in [0.2, 0.25) is 0 Å². The van der Waals surface area contributed by atoms with E-state index in [0.29, 0.717) is 5.69 Å². The maximum Gasteiger partial charge on any atom is 0.303 e. The summed E-state index contributed by atoms with van der Waals surface area (Å²) in [6.07, 6.45) is 1.12. The fourth-order valence-corrected chi connectivity index (χ4v) is 0.786. The lowest BCUT2D eigenvalue weighted by atomic mass is 10.3. The minimum Gasteiger partial charge on any atom is -0.459 e. The highest BCUT2D eigenvalue weighted by atomic mass is 16.6. The molecule has 0 radical (unpaired) electrons. The number of carbonyl (C=O) groups is 1. The Kier molecular flexibility index (Phi) is 3.11. The summed E-state index contributed by atoms with van der Waals surface area (Å²) in [5.41, 5.74) is 0.391. The zero-order valence-electron chi connectivity index (χ0n) is 7.47. The summed E-state index contributed by atoms with van der Waals surface area (Å²) in [5.74, 6) is -0.412. The third kappa shape index (κ3) is 2.81. The standard InChI is InChI=1S/C8H8N2O4/c1-6(11)14-5-7-2-3-8(4-9-7)10(12)13/h2-4H,5H2,1H3. The van der Waals surface area contributed by atoms with Crippen LogP contribution in [0.25, 0.3) is 0 Å². The van der Waals surface area contributed by atoms with E-state index in [1.165, 1.54) is 19.1 Å². The van der Waals surface area contributed by atoms with Crippen molar-refractivity contribution >= 4 is 11.7 Å². The number of ether oxygens (including phenoxy) is 1. The number of nitrogens with zero attached hydrogens (tertiary/aromatic N) is 2. The van der Waals surface area contributed by atoms with Gasteiger partial charge >= 0.3 is 5.97 Å². The van der Waals surface area contributed by atoms with E-state index >= 15 is 0 Å². The molecule has 0 atom stereocenters. The lowest BCUT2D eigenvalue weighted by Crippen LogP contribution is -2.00. The Labute approximate surface area is 79.7 Å². The molecule has 1 rings (SSSR count). The van der Waals surface area contributed by atoms with Crippen LogP contribution in [0.3, 0.4) is 0 Å². The van der Waals surface area contributed by atoms with Crippen LogP contribution in [-0.2, 0) is 16.1 Å². The molecule has 0 N–H and O–H groups in total. The van der Waals surface area contributed by atoms with Gasteiger partial charge in [-0.1, -0.05) is 0 Å². The van der Waals surface area contributed by atoms with E-state index in [2.05, 4.69) is 9.72 Å². The Morgan fingerprint density at radius 2 is 2.36 bits per heavy atom. The van der Waals surface area contributed by atoms with Crippen molar-refractivity contribution in [3.8, 4) is 0 Å². The van der Waals surface area contributed by atoms with E-state index in [0.717, 1.165) is 6.20 Å². The average molecular weight is 196 g/mol. The molecule has 0 aliphatic heterocycles. The van der Waals surface area contributed by atoms with E-state index < -0.39 is 10.9 Å². The number of nitro groups is 1. The summed E-state index contributed by atoms with van der Waals surface area (Å²) >= 11 is 0. The van der Waals surface area contributed by atoms with Gasteiger partial charge in [-0.15, -0.1) is 0 Å². The van der Waals surface area contributed by atoms with Gasteiger partial charge in [-0.25, -0.2) is 0 Å². The van der Waals surface area contributed by atoms with Crippen LogP contribution in [0.1, 0.15) is 12.6 Å². The summed E-state index contributed by atoms with van der Waals surface area (Å²) < 4.78 is 4.66. The number of carbonyl (C=O) groups excluding carboxylic acids is 1. The number of pyridine rings is 1. The molecule has 14 heavy (non-hydrogen) atoms. The van der Waals surface area contributed by atoms with E-state index in [4.69, 9.17) is 0 Å². The van der Waals surface area contributed by atoms with Gasteiger partial charge in [-0.05, 0) is 6.07 Å². The first kappa shape index (κ1) is 10.1. The molecule has 0 aliphatic carbocycles. The molecule has 0 unspecified atom stereocenters. The zero-order valence-corrected chi connectivity index (χ0v) is 7.47. The maximum atomic E-state index is 10.4. The molecule has 6 heteroatoms. The van der Waals surface area contributed by atoms with Crippen molar-refractivity contribution in [2.45, 2.75) is 13.5 Å². The van der Waals surface area contributed by atoms with Gasteiger partial charge in [0.2, 0.25) is 0 Å². The first-order chi connectivity index (χ1) is 6.59. The van der Waals surface area contributed by atoms with Crippen LogP contribution in [-0.4, -0.2) is 15.9 Å². The molecule has 0 saturated carbocycles. The Morgan fingerprint density at radius 1 is 1.64 bits per heavy atom. The van der Waals surface area contributed by atoms with Crippen LogP contribution in [0.4, 0.5) is 5.69 Å². The smallest absolute Gasteiger partial charge is 0.303 e. The van der Waals surface area contributed by atoms with Gasteiger partial charge < -0.3 is 4.74 Å². The Bertz CT molecular complexity index is 347. The first-order valence-electron chi connectivity index (χ1n) is 3.82. The molecule has 1 aromatic rings. The molecule has 0 fully saturated rings. The summed E-state index contributed by atoms with van der Waals surface area (Å²) in [4.78, 5) is 23.9. The highest BCUT2D eigenvalue weighted by Gasteiger charge is 2.05. The Hall–Kier alpha value is -1.98. The van der Waals surface area contributed by atoms with Crippen molar-refractivity contribution in [3.63, 3.8) is 0 Å². The predicted octanol–water partition coefficient (Wildman–Crippen LogP) is 1.05. The van der Waals surface area contributed by atoms with Gasteiger partial charge in [0.1, 0.15) is 12.8 Å². The van der Waals surface area contributed by atoms with Gasteiger partial charge in [0, 0.05) is 13.0 Å². The normalized spacial score (nSPS) is 9.50. The maximum absolute atomic E-state index is 10.4. The molecular formula is C8H8N2O4. The van der Waals surface area contributed by atoms with Crippen molar-refractivity contribution in [2.24, 2.45) is 0 Å². The topological polar surface area (TPSA) is 82.3 Å². The molecule has 6 nitrogen and oxygen atoms in total. The van der Waals surface area contributed by atoms with Crippen molar-refractivity contribution < 1.29 is 14.5 Å². The lowest BCUT2D eigenvalue weighted by Gasteiger charge is -1.99. The third-order valence-corrected chi connectivity index (χ3v) is 1.44. The zero-order chi connectivity index (χ0) is 10.6. The fraction of sp³-hybridized carbons (Fsp3) is 0.250. The van der Waals surface area contributed by atoms with Crippen LogP contribution in [0.15, 0.2) is 18.3 Å². The fourth-order valence-electron chi connectivity index (χ4n) is 0.786. The van der Waals surface area contributed by atoms with Gasteiger partial charge in [0.05, 0.1) is 10.6 Å². The largest absolute Gasteiger partial charge is 0.459 e. The highest BCUT2D eigenvalue weighted by molar-refractivity contribution is 5.65. The summed E-state index contributed by atoms with van der Waals surface area (Å²) in [6, 6.07) is 2.76. The van der Waals surface area contributed by atoms with Crippen molar-refractivity contribution in [1.29, 1.82) is 0 Å². The second-order valence-corrected chi connectivity index (χ2v) is 2.55. The van der Waals surface area contributed by atoms with E-state index in [9.17, 15) is 14.9 Å². The number of aromatic nitrogens is 1. The Balaban J connectivity index is 2.64. The molecule has 0 aliphatic rings. The van der Waals surface area contributed by atoms with Gasteiger partial charge in [0.15, 0.2) is 0 Å². The SMILES string of the molecule is CC(=O)OCc1ccc([N+](=O)[O-])cn1. The summed E-state index contributed by atoms with van der Waals surface area (Å²) in [6.45, 7) is 1.32. The molecule has 0 bridgehead atoms. The molecule has 0 saturated heterocycles. The average Bonchev–Trinajstić information content (AvgIpc) is 2.15. The van der Waals surface area contributed by atoms with Crippen molar-refractivity contribution in [1.82, 2.24) is 4.98 Å². The molecule has 1 aromatic heterocycles. The van der Waals surface area contributed by atoms with Crippen LogP contribution >= 0.6 is 0 Å². The van der Waals surface area contributed by atoms with Gasteiger partial charge in [-0.3, -0.25) is 19.9 Å². The van der Waals surface area contributed by atoms with Crippen molar-refractivity contribution in [3.05, 3.63) is 34.1 Å². The number of esters is 1. The van der Waals surface area contributed by atoms with Crippen LogP contribution in [0.5, 0.6) is 0 Å². The minimum absolute atomic E-state index is 0.0350. The van der Waals surface area contributed by atoms with E-state index in [-0.39, 0.29) is 12.3 Å². The minimum atomic E-state index is -0.539. The van der Waals surface area contributed by atoms with Crippen molar-refractivity contribution in [2.75, 3.05) is 0 Å². The molecular weight excluding hydrogens is 188 g/mol. The summed E-state index contributed by atoms with van der Waals surface area (Å²) in [7, 11) is 0. The summed E-state index contributed by atoms with van der Waals surface area (Å²) in [5, 5.41) is 10.3. The molecule has 1 heterocycles. The molecule has 0 amide bonds. The second-order valence-electron chi connectivity index (χ2n) is 2.55. The van der Waals surface area contributed by atoms with Crippen LogP contribution < -0.4 is 0 Å². The quantitative estimate of drug-likeness (QED) is 0.410. The monoisotopic (exact) mass is 196 g/mol. The van der Waals surface area contributed by atoms with E-state index in [1.807, 2.05) is 0 Å². The second kappa shape index (κ2) is 4.31. The van der Waals surface area contributed by atoms with Gasteiger partial charge in [-0.2, -0.15) is 0 Å². The van der Waals surface area contributed by atoms with E-state index in [1.54, 1.807) is 0 Å². The highest BCUT2D eigenvalue weighted by Crippen LogP contribution is 2.09. The number of hydrogen-bond donors (Lipinski definition) is 0. The predicted molar refractivity (Wildman–Crippen MR) is 46.4 cm³/mol. The third-order valence-electron chi connectivity index (χ3n) is 1.44. The molecule has 0 aromatic carbocycles. The number of hydrogen-bond acceptors (Lipinski definition) is 5. The first-order valence-corrected chi connectivity index (χ1v) is 3.82. The van der Waals surface area contributed by atoms with Gasteiger partial charge in [0.25, 0.3) is 5.69 Å².